The zero-order chi connectivity index (χ0) is 9.42. The number of imide groups is 1. The van der Waals surface area contributed by atoms with Gasteiger partial charge in [0, 0.05) is 11.3 Å². The van der Waals surface area contributed by atoms with Gasteiger partial charge in [-0.3, -0.25) is 14.9 Å². The first kappa shape index (κ1) is 7.79. The van der Waals surface area contributed by atoms with E-state index < -0.39 is 0 Å². The number of fused-ring (bicyclic) bond motifs is 1. The summed E-state index contributed by atoms with van der Waals surface area (Å²) in [5.74, 6) is -0.616. The third kappa shape index (κ3) is 1.26. The molecule has 0 aliphatic carbocycles. The highest BCUT2D eigenvalue weighted by Crippen LogP contribution is 2.17. The van der Waals surface area contributed by atoms with Gasteiger partial charge in [0.25, 0.3) is 5.91 Å². The Morgan fingerprint density at radius 1 is 1.31 bits per heavy atom. The van der Waals surface area contributed by atoms with Crippen LogP contribution in [0.25, 0.3) is 0 Å². The fourth-order valence-electron chi connectivity index (χ4n) is 1.39. The summed E-state index contributed by atoms with van der Waals surface area (Å²) in [5, 5.41) is 2.24. The maximum atomic E-state index is 11.2. The predicted molar refractivity (Wildman–Crippen MR) is 47.0 cm³/mol. The minimum Gasteiger partial charge on any atom is -0.399 e. The molecular formula is C9H8N2O2. The van der Waals surface area contributed by atoms with Crippen LogP contribution in [-0.4, -0.2) is 11.8 Å². The highest BCUT2D eigenvalue weighted by molar-refractivity contribution is 6.09. The lowest BCUT2D eigenvalue weighted by atomic mass is 9.99. The molecule has 4 nitrogen and oxygen atoms in total. The molecule has 1 aliphatic heterocycles. The van der Waals surface area contributed by atoms with Crippen LogP contribution in [-0.2, 0) is 11.2 Å². The Hall–Kier alpha value is -1.84. The number of nitrogens with two attached hydrogens (primary N) is 1. The number of carbonyl (C=O) groups excluding carboxylic acids is 2. The number of amides is 2. The lowest BCUT2D eigenvalue weighted by molar-refractivity contribution is -0.119. The van der Waals surface area contributed by atoms with E-state index in [4.69, 9.17) is 5.73 Å². The van der Waals surface area contributed by atoms with Gasteiger partial charge in [-0.15, -0.1) is 0 Å². The summed E-state index contributed by atoms with van der Waals surface area (Å²) < 4.78 is 0. The van der Waals surface area contributed by atoms with E-state index in [9.17, 15) is 9.59 Å². The fraction of sp³-hybridized carbons (Fsp3) is 0.111. The van der Waals surface area contributed by atoms with Crippen LogP contribution in [0.5, 0.6) is 0 Å². The standard InChI is InChI=1S/C9H8N2O2/c10-6-1-2-7-5(3-6)4-8(12)11-9(7)13/h1-3H,4,10H2,(H,11,12,13). The van der Waals surface area contributed by atoms with Crippen molar-refractivity contribution >= 4 is 17.5 Å². The number of nitrogen functional groups attached to an aromatic ring is 1. The van der Waals surface area contributed by atoms with Crippen LogP contribution in [0.1, 0.15) is 15.9 Å². The molecule has 1 aromatic carbocycles. The van der Waals surface area contributed by atoms with E-state index in [-0.39, 0.29) is 18.2 Å². The Balaban J connectivity index is 2.55. The quantitative estimate of drug-likeness (QED) is 0.434. The summed E-state index contributed by atoms with van der Waals surface area (Å²) in [4.78, 5) is 22.2. The third-order valence-corrected chi connectivity index (χ3v) is 1.98. The smallest absolute Gasteiger partial charge is 0.258 e. The highest BCUT2D eigenvalue weighted by atomic mass is 16.2. The van der Waals surface area contributed by atoms with Crippen LogP contribution in [0.4, 0.5) is 5.69 Å². The van der Waals surface area contributed by atoms with Gasteiger partial charge in [0.1, 0.15) is 0 Å². The molecule has 3 N–H and O–H groups in total. The normalized spacial score (nSPS) is 15.1. The van der Waals surface area contributed by atoms with Crippen molar-refractivity contribution in [3.05, 3.63) is 29.3 Å². The molecule has 2 amide bonds. The maximum absolute atomic E-state index is 11.2. The van der Waals surface area contributed by atoms with Gasteiger partial charge in [0.05, 0.1) is 6.42 Å². The largest absolute Gasteiger partial charge is 0.399 e. The van der Waals surface area contributed by atoms with Gasteiger partial charge in [-0.2, -0.15) is 0 Å². The minimum absolute atomic E-state index is 0.228. The van der Waals surface area contributed by atoms with Crippen LogP contribution < -0.4 is 11.1 Å². The summed E-state index contributed by atoms with van der Waals surface area (Å²) in [6.45, 7) is 0. The summed E-state index contributed by atoms with van der Waals surface area (Å²) in [5.41, 5.74) is 7.34. The van der Waals surface area contributed by atoms with Gasteiger partial charge in [-0.1, -0.05) is 0 Å². The molecule has 0 atom stereocenters. The predicted octanol–water partition coefficient (Wildman–Crippen LogP) is 0.0813. The number of anilines is 1. The molecule has 2 rings (SSSR count). The Morgan fingerprint density at radius 2 is 2.08 bits per heavy atom. The first-order valence-corrected chi connectivity index (χ1v) is 3.89. The molecule has 0 saturated carbocycles. The van der Waals surface area contributed by atoms with Crippen molar-refractivity contribution in [3.8, 4) is 0 Å². The second kappa shape index (κ2) is 2.58. The molecule has 4 heteroatoms. The molecule has 1 aromatic rings. The molecule has 0 unspecified atom stereocenters. The summed E-state index contributed by atoms with van der Waals surface area (Å²) in [7, 11) is 0. The maximum Gasteiger partial charge on any atom is 0.258 e. The summed E-state index contributed by atoms with van der Waals surface area (Å²) >= 11 is 0. The van der Waals surface area contributed by atoms with Crippen LogP contribution >= 0.6 is 0 Å². The van der Waals surface area contributed by atoms with Gasteiger partial charge in [-0.05, 0) is 23.8 Å². The molecule has 0 spiro atoms. The van der Waals surface area contributed by atoms with Gasteiger partial charge in [-0.25, -0.2) is 0 Å². The molecule has 0 saturated heterocycles. The molecule has 13 heavy (non-hydrogen) atoms. The molecule has 0 aromatic heterocycles. The van der Waals surface area contributed by atoms with Gasteiger partial charge in [0.15, 0.2) is 0 Å². The average Bonchev–Trinajstić information content (AvgIpc) is 2.02. The summed E-state index contributed by atoms with van der Waals surface area (Å²) in [6, 6.07) is 4.94. The van der Waals surface area contributed by atoms with E-state index in [2.05, 4.69) is 5.32 Å². The first-order valence-electron chi connectivity index (χ1n) is 3.89. The fourth-order valence-corrected chi connectivity index (χ4v) is 1.39. The lowest BCUT2D eigenvalue weighted by Crippen LogP contribution is -2.37. The van der Waals surface area contributed by atoms with Crippen molar-refractivity contribution in [3.63, 3.8) is 0 Å². The zero-order valence-electron chi connectivity index (χ0n) is 6.83. The second-order valence-corrected chi connectivity index (χ2v) is 2.97. The molecule has 1 aliphatic rings. The van der Waals surface area contributed by atoms with E-state index in [1.165, 1.54) is 0 Å². The van der Waals surface area contributed by atoms with Crippen molar-refractivity contribution in [2.45, 2.75) is 6.42 Å². The zero-order valence-corrected chi connectivity index (χ0v) is 6.83. The Morgan fingerprint density at radius 3 is 2.85 bits per heavy atom. The lowest BCUT2D eigenvalue weighted by Gasteiger charge is -2.14. The number of nitrogens with one attached hydrogen (secondary N) is 1. The Labute approximate surface area is 74.7 Å². The van der Waals surface area contributed by atoms with E-state index in [0.29, 0.717) is 16.8 Å². The number of carbonyl (C=O) groups is 2. The van der Waals surface area contributed by atoms with E-state index >= 15 is 0 Å². The third-order valence-electron chi connectivity index (χ3n) is 1.98. The first-order chi connectivity index (χ1) is 6.16. The van der Waals surface area contributed by atoms with Gasteiger partial charge >= 0.3 is 0 Å². The van der Waals surface area contributed by atoms with Crippen LogP contribution in [0, 0.1) is 0 Å². The molecule has 66 valence electrons. The van der Waals surface area contributed by atoms with Gasteiger partial charge in [0.2, 0.25) is 5.91 Å². The minimum atomic E-state index is -0.341. The van der Waals surface area contributed by atoms with Crippen molar-refractivity contribution in [1.29, 1.82) is 0 Å². The van der Waals surface area contributed by atoms with E-state index in [0.717, 1.165) is 0 Å². The van der Waals surface area contributed by atoms with E-state index in [1.807, 2.05) is 0 Å². The highest BCUT2D eigenvalue weighted by Gasteiger charge is 2.21. The van der Waals surface area contributed by atoms with Crippen molar-refractivity contribution in [1.82, 2.24) is 5.32 Å². The molecule has 1 heterocycles. The molecule has 0 bridgehead atoms. The Kier molecular flexibility index (Phi) is 1.55. The molecular weight excluding hydrogens is 168 g/mol. The molecule has 0 radical (unpaired) electrons. The second-order valence-electron chi connectivity index (χ2n) is 2.97. The van der Waals surface area contributed by atoms with E-state index in [1.54, 1.807) is 18.2 Å². The monoisotopic (exact) mass is 176 g/mol. The number of hydrogen-bond donors (Lipinski definition) is 2. The SMILES string of the molecule is Nc1ccc2c(c1)CC(=O)NC2=O. The number of benzene rings is 1. The van der Waals surface area contributed by atoms with Crippen molar-refractivity contribution in [2.75, 3.05) is 5.73 Å². The van der Waals surface area contributed by atoms with Crippen LogP contribution in [0.3, 0.4) is 0 Å². The Bertz CT molecular complexity index is 399. The van der Waals surface area contributed by atoms with Gasteiger partial charge < -0.3 is 5.73 Å². The van der Waals surface area contributed by atoms with Crippen LogP contribution in [0.2, 0.25) is 0 Å². The van der Waals surface area contributed by atoms with Crippen molar-refractivity contribution < 1.29 is 9.59 Å². The van der Waals surface area contributed by atoms with Crippen LogP contribution in [0.15, 0.2) is 18.2 Å². The number of hydrogen-bond acceptors (Lipinski definition) is 3. The van der Waals surface area contributed by atoms with Crippen molar-refractivity contribution in [2.24, 2.45) is 0 Å². The molecule has 0 fully saturated rings. The topological polar surface area (TPSA) is 72.2 Å². The average molecular weight is 176 g/mol. The summed E-state index contributed by atoms with van der Waals surface area (Å²) in [6.07, 6.45) is 0.228. The number of rotatable bonds is 0.